The van der Waals surface area contributed by atoms with E-state index in [0.29, 0.717) is 21.6 Å². The molecule has 124 valence electrons. The highest BCUT2D eigenvalue weighted by Crippen LogP contribution is 2.34. The van der Waals surface area contributed by atoms with Gasteiger partial charge < -0.3 is 5.32 Å². The van der Waals surface area contributed by atoms with Crippen molar-refractivity contribution in [1.82, 2.24) is 0 Å². The third kappa shape index (κ3) is 2.62. The summed E-state index contributed by atoms with van der Waals surface area (Å²) in [7, 11) is 0. The van der Waals surface area contributed by atoms with Crippen molar-refractivity contribution in [1.29, 1.82) is 0 Å². The maximum atomic E-state index is 12.9. The Morgan fingerprint density at radius 3 is 2.80 bits per heavy atom. The van der Waals surface area contributed by atoms with E-state index in [1.54, 1.807) is 36.4 Å². The molecule has 25 heavy (non-hydrogen) atoms. The number of nitro groups is 1. The quantitative estimate of drug-likeness (QED) is 0.564. The zero-order chi connectivity index (χ0) is 17.6. The number of fused-ring (bicyclic) bond motifs is 2. The number of para-hydroxylation sites is 2. The number of nitrogens with zero attached hydrogens (tertiary/aromatic N) is 2. The highest BCUT2D eigenvalue weighted by molar-refractivity contribution is 7.20. The van der Waals surface area contributed by atoms with E-state index in [1.165, 1.54) is 28.4 Å². The lowest BCUT2D eigenvalue weighted by Crippen LogP contribution is -2.41. The van der Waals surface area contributed by atoms with Crippen molar-refractivity contribution in [2.75, 3.05) is 16.8 Å². The van der Waals surface area contributed by atoms with Gasteiger partial charge in [0.05, 0.1) is 21.2 Å². The lowest BCUT2D eigenvalue weighted by Gasteiger charge is -2.28. The second-order valence-electron chi connectivity index (χ2n) is 5.55. The maximum absolute atomic E-state index is 12.9. The number of nitrogens with one attached hydrogen (secondary N) is 1. The Morgan fingerprint density at radius 2 is 2.00 bits per heavy atom. The molecule has 1 aliphatic rings. The first-order valence-corrected chi connectivity index (χ1v) is 8.23. The van der Waals surface area contributed by atoms with Crippen molar-refractivity contribution in [2.24, 2.45) is 0 Å². The summed E-state index contributed by atoms with van der Waals surface area (Å²) in [6.45, 7) is -0.0652. The molecule has 1 N–H and O–H groups in total. The van der Waals surface area contributed by atoms with Crippen LogP contribution in [0.5, 0.6) is 0 Å². The average Bonchev–Trinajstić information content (AvgIpc) is 3.03. The fourth-order valence-electron chi connectivity index (χ4n) is 2.80. The van der Waals surface area contributed by atoms with E-state index in [-0.39, 0.29) is 24.0 Å². The molecule has 2 heterocycles. The molecule has 3 aromatic rings. The number of nitro benzene ring substituents is 1. The van der Waals surface area contributed by atoms with Crippen molar-refractivity contribution >= 4 is 50.3 Å². The number of benzene rings is 2. The molecule has 7 nitrogen and oxygen atoms in total. The van der Waals surface area contributed by atoms with Crippen LogP contribution in [0.15, 0.2) is 48.5 Å². The average molecular weight is 353 g/mol. The SMILES string of the molecule is O=C1CN(C(=O)c2cc3cc([N+](=O)[O-])ccc3s2)c2ccccc2N1. The van der Waals surface area contributed by atoms with Crippen LogP contribution in [0.25, 0.3) is 10.1 Å². The van der Waals surface area contributed by atoms with E-state index in [0.717, 1.165) is 4.70 Å². The van der Waals surface area contributed by atoms with Crippen LogP contribution in [0.3, 0.4) is 0 Å². The van der Waals surface area contributed by atoms with Crippen LogP contribution < -0.4 is 10.2 Å². The molecule has 0 atom stereocenters. The van der Waals surface area contributed by atoms with Gasteiger partial charge >= 0.3 is 0 Å². The number of carbonyl (C=O) groups excluding carboxylic acids is 2. The minimum absolute atomic E-state index is 0.0213. The molecule has 0 saturated heterocycles. The number of hydrogen-bond donors (Lipinski definition) is 1. The van der Waals surface area contributed by atoms with Crippen LogP contribution in [-0.2, 0) is 4.79 Å². The molecule has 0 spiro atoms. The molecule has 0 fully saturated rings. The van der Waals surface area contributed by atoms with Crippen LogP contribution >= 0.6 is 11.3 Å². The second kappa shape index (κ2) is 5.67. The predicted octanol–water partition coefficient (Wildman–Crippen LogP) is 3.41. The van der Waals surface area contributed by atoms with E-state index < -0.39 is 4.92 Å². The molecule has 0 unspecified atom stereocenters. The summed E-state index contributed by atoms with van der Waals surface area (Å²) in [6.07, 6.45) is 0. The second-order valence-corrected chi connectivity index (χ2v) is 6.63. The Balaban J connectivity index is 1.75. The van der Waals surface area contributed by atoms with Gasteiger partial charge in [-0.25, -0.2) is 0 Å². The minimum Gasteiger partial charge on any atom is -0.323 e. The smallest absolute Gasteiger partial charge is 0.270 e. The van der Waals surface area contributed by atoms with Crippen LogP contribution in [0.2, 0.25) is 0 Å². The Labute approximate surface area is 145 Å². The number of anilines is 2. The van der Waals surface area contributed by atoms with Crippen LogP contribution in [-0.4, -0.2) is 23.3 Å². The van der Waals surface area contributed by atoms with Gasteiger partial charge in [-0.1, -0.05) is 12.1 Å². The topological polar surface area (TPSA) is 92.5 Å². The van der Waals surface area contributed by atoms with Crippen molar-refractivity contribution in [3.8, 4) is 0 Å². The summed E-state index contributed by atoms with van der Waals surface area (Å²) in [5.41, 5.74) is 1.20. The number of carbonyl (C=O) groups is 2. The molecule has 4 rings (SSSR count). The summed E-state index contributed by atoms with van der Waals surface area (Å²) in [5, 5.41) is 14.3. The van der Waals surface area contributed by atoms with Gasteiger partial charge in [-0.3, -0.25) is 24.6 Å². The van der Waals surface area contributed by atoms with Crippen LogP contribution in [0.1, 0.15) is 9.67 Å². The zero-order valence-corrected chi connectivity index (χ0v) is 13.6. The van der Waals surface area contributed by atoms with Gasteiger partial charge in [0.25, 0.3) is 11.6 Å². The maximum Gasteiger partial charge on any atom is 0.270 e. The minimum atomic E-state index is -0.468. The van der Waals surface area contributed by atoms with Gasteiger partial charge in [0.2, 0.25) is 5.91 Å². The fourth-order valence-corrected chi connectivity index (χ4v) is 3.79. The van der Waals surface area contributed by atoms with Crippen molar-refractivity contribution in [3.05, 3.63) is 63.5 Å². The molecular weight excluding hydrogens is 342 g/mol. The van der Waals surface area contributed by atoms with Gasteiger partial charge in [0, 0.05) is 22.2 Å². The van der Waals surface area contributed by atoms with Gasteiger partial charge in [-0.15, -0.1) is 11.3 Å². The zero-order valence-electron chi connectivity index (χ0n) is 12.8. The van der Waals surface area contributed by atoms with E-state index in [1.807, 2.05) is 0 Å². The molecule has 2 aromatic carbocycles. The van der Waals surface area contributed by atoms with E-state index >= 15 is 0 Å². The Hall–Kier alpha value is -3.26. The number of rotatable bonds is 2. The summed E-state index contributed by atoms with van der Waals surface area (Å²) in [6, 6.07) is 13.2. The highest BCUT2D eigenvalue weighted by atomic mass is 32.1. The highest BCUT2D eigenvalue weighted by Gasteiger charge is 2.28. The third-order valence-electron chi connectivity index (χ3n) is 3.94. The molecule has 0 bridgehead atoms. The van der Waals surface area contributed by atoms with Crippen molar-refractivity contribution in [2.45, 2.75) is 0 Å². The fraction of sp³-hybridized carbons (Fsp3) is 0.0588. The number of non-ortho nitro benzene ring substituents is 1. The Morgan fingerprint density at radius 1 is 1.20 bits per heavy atom. The lowest BCUT2D eigenvalue weighted by molar-refractivity contribution is -0.384. The van der Waals surface area contributed by atoms with Gasteiger partial charge in [0.15, 0.2) is 0 Å². The molecule has 1 aliphatic heterocycles. The van der Waals surface area contributed by atoms with E-state index in [4.69, 9.17) is 0 Å². The summed E-state index contributed by atoms with van der Waals surface area (Å²) in [4.78, 5) is 37.1. The monoisotopic (exact) mass is 353 g/mol. The predicted molar refractivity (Wildman–Crippen MR) is 95.2 cm³/mol. The Kier molecular flexibility index (Phi) is 3.47. The summed E-state index contributed by atoms with van der Waals surface area (Å²) >= 11 is 1.25. The first kappa shape index (κ1) is 15.3. The largest absolute Gasteiger partial charge is 0.323 e. The first-order chi connectivity index (χ1) is 12.0. The molecule has 1 aromatic heterocycles. The molecule has 2 amide bonds. The Bertz CT molecular complexity index is 1040. The van der Waals surface area contributed by atoms with Crippen LogP contribution in [0.4, 0.5) is 17.1 Å². The number of thiophene rings is 1. The first-order valence-electron chi connectivity index (χ1n) is 7.41. The van der Waals surface area contributed by atoms with Crippen molar-refractivity contribution in [3.63, 3.8) is 0 Å². The number of amides is 2. The number of hydrogen-bond acceptors (Lipinski definition) is 5. The van der Waals surface area contributed by atoms with Crippen molar-refractivity contribution < 1.29 is 14.5 Å². The molecule has 8 heteroatoms. The normalized spacial score (nSPS) is 13.4. The summed E-state index contributed by atoms with van der Waals surface area (Å²) in [5.74, 6) is -0.560. The lowest BCUT2D eigenvalue weighted by atomic mass is 10.1. The van der Waals surface area contributed by atoms with Gasteiger partial charge in [-0.05, 0) is 24.3 Å². The molecule has 0 aliphatic carbocycles. The van der Waals surface area contributed by atoms with Crippen LogP contribution in [0, 0.1) is 10.1 Å². The van der Waals surface area contributed by atoms with E-state index in [2.05, 4.69) is 5.32 Å². The van der Waals surface area contributed by atoms with E-state index in [9.17, 15) is 19.7 Å². The molecule has 0 saturated carbocycles. The third-order valence-corrected chi connectivity index (χ3v) is 5.04. The standard InChI is InChI=1S/C17H11N3O4S/c21-16-9-19(13-4-2-1-3-12(13)18-16)17(22)15-8-10-7-11(20(23)24)5-6-14(10)25-15/h1-8H,9H2,(H,18,21). The molecular formula is C17H11N3O4S. The molecule has 0 radical (unpaired) electrons. The van der Waals surface area contributed by atoms with Gasteiger partial charge in [-0.2, -0.15) is 0 Å². The van der Waals surface area contributed by atoms with Gasteiger partial charge in [0.1, 0.15) is 6.54 Å². The summed E-state index contributed by atoms with van der Waals surface area (Å²) < 4.78 is 0.781.